The van der Waals surface area contributed by atoms with Crippen molar-refractivity contribution in [1.82, 2.24) is 0 Å². The normalized spacial score (nSPS) is 40.9. The van der Waals surface area contributed by atoms with Crippen LogP contribution in [0.3, 0.4) is 0 Å². The number of fused-ring (bicyclic) bond motifs is 4. The van der Waals surface area contributed by atoms with Gasteiger partial charge in [0.25, 0.3) is 0 Å². The summed E-state index contributed by atoms with van der Waals surface area (Å²) in [6, 6.07) is 0. The average molecular weight is 545 g/mol. The van der Waals surface area contributed by atoms with Crippen LogP contribution in [0.1, 0.15) is 87.0 Å². The van der Waals surface area contributed by atoms with E-state index in [1.807, 2.05) is 27.7 Å². The highest BCUT2D eigenvalue weighted by Gasteiger charge is 2.73. The maximum Gasteiger partial charge on any atom is 0.308 e. The van der Waals surface area contributed by atoms with Crippen LogP contribution in [0, 0.1) is 45.3 Å². The molecule has 216 valence electrons. The van der Waals surface area contributed by atoms with E-state index in [0.717, 1.165) is 0 Å². The summed E-state index contributed by atoms with van der Waals surface area (Å²) in [5, 5.41) is 22.5. The first-order chi connectivity index (χ1) is 17.9. The van der Waals surface area contributed by atoms with Gasteiger partial charge in [-0.1, -0.05) is 41.5 Å². The first-order valence-electron chi connectivity index (χ1n) is 14.2. The van der Waals surface area contributed by atoms with Gasteiger partial charge < -0.3 is 14.9 Å². The van der Waals surface area contributed by atoms with Crippen LogP contribution in [0.15, 0.2) is 11.1 Å². The number of aliphatic hydroxyl groups is 2. The maximum atomic E-state index is 14.1. The van der Waals surface area contributed by atoms with Crippen LogP contribution in [0.4, 0.5) is 0 Å². The summed E-state index contributed by atoms with van der Waals surface area (Å²) in [6.07, 6.45) is -0.920. The van der Waals surface area contributed by atoms with Gasteiger partial charge >= 0.3 is 5.97 Å². The molecular formula is C31H44O8. The third-order valence-electron chi connectivity index (χ3n) is 11.7. The second-order valence-electron chi connectivity index (χ2n) is 14.0. The Hall–Kier alpha value is -2.19. The van der Waals surface area contributed by atoms with Gasteiger partial charge in [0.15, 0.2) is 11.6 Å². The van der Waals surface area contributed by atoms with E-state index in [1.54, 1.807) is 20.8 Å². The topological polar surface area (TPSA) is 135 Å². The quantitative estimate of drug-likeness (QED) is 0.486. The summed E-state index contributed by atoms with van der Waals surface area (Å²) < 4.78 is 4.73. The smallest absolute Gasteiger partial charge is 0.308 e. The van der Waals surface area contributed by atoms with Gasteiger partial charge in [-0.3, -0.25) is 24.0 Å². The molecule has 0 aromatic carbocycles. The van der Waals surface area contributed by atoms with Gasteiger partial charge in [-0.25, -0.2) is 0 Å². The number of aliphatic hydroxyl groups excluding tert-OH is 2. The molecule has 4 rings (SSSR count). The third kappa shape index (κ3) is 3.87. The molecule has 0 radical (unpaired) electrons. The van der Waals surface area contributed by atoms with Crippen molar-refractivity contribution in [2.75, 3.05) is 7.11 Å². The first kappa shape index (κ1) is 29.8. The SMILES string of the molecule is COC(=O)C(C)CC(=O)C[C@@H](C)C1CC(=O)[C@@]2(C)C3=C(C(=O)[C@@H](O)[C@]12C)[C@@]1(C)CC[C@H](O)C(C)(C)[C@@H]1CC3=O. The zero-order valence-corrected chi connectivity index (χ0v) is 24.6. The Labute approximate surface area is 230 Å². The summed E-state index contributed by atoms with van der Waals surface area (Å²) >= 11 is 0. The van der Waals surface area contributed by atoms with Crippen LogP contribution >= 0.6 is 0 Å². The van der Waals surface area contributed by atoms with Gasteiger partial charge in [-0.2, -0.15) is 0 Å². The molecule has 0 aliphatic heterocycles. The fraction of sp³-hybridized carbons (Fsp3) is 0.774. The van der Waals surface area contributed by atoms with E-state index in [4.69, 9.17) is 4.74 Å². The van der Waals surface area contributed by atoms with E-state index in [9.17, 15) is 34.2 Å². The molecule has 0 saturated heterocycles. The van der Waals surface area contributed by atoms with Gasteiger partial charge in [-0.05, 0) is 42.9 Å². The predicted octanol–water partition coefficient (Wildman–Crippen LogP) is 3.40. The largest absolute Gasteiger partial charge is 0.469 e. The van der Waals surface area contributed by atoms with Gasteiger partial charge in [0.2, 0.25) is 0 Å². The molecule has 9 atom stereocenters. The number of carbonyl (C=O) groups is 5. The highest BCUT2D eigenvalue weighted by atomic mass is 16.5. The lowest BCUT2D eigenvalue weighted by Crippen LogP contribution is -2.64. The summed E-state index contributed by atoms with van der Waals surface area (Å²) in [5.41, 5.74) is -3.49. The van der Waals surface area contributed by atoms with Gasteiger partial charge in [0.1, 0.15) is 17.7 Å². The number of methoxy groups -OCH3 is 1. The molecule has 2 unspecified atom stereocenters. The van der Waals surface area contributed by atoms with Crippen LogP contribution in [-0.2, 0) is 28.7 Å². The van der Waals surface area contributed by atoms with E-state index < -0.39 is 57.5 Å². The lowest BCUT2D eigenvalue weighted by molar-refractivity contribution is -0.159. The zero-order valence-electron chi connectivity index (χ0n) is 24.6. The van der Waals surface area contributed by atoms with Crippen molar-refractivity contribution in [2.24, 2.45) is 45.3 Å². The number of rotatable bonds is 6. The van der Waals surface area contributed by atoms with E-state index in [0.29, 0.717) is 12.8 Å². The van der Waals surface area contributed by atoms with Gasteiger partial charge in [0.05, 0.1) is 24.5 Å². The number of esters is 1. The third-order valence-corrected chi connectivity index (χ3v) is 11.7. The fourth-order valence-corrected chi connectivity index (χ4v) is 9.05. The highest BCUT2D eigenvalue weighted by Crippen LogP contribution is 2.70. The van der Waals surface area contributed by atoms with E-state index in [-0.39, 0.29) is 66.0 Å². The van der Waals surface area contributed by atoms with Crippen LogP contribution in [-0.4, -0.2) is 58.6 Å². The molecular weight excluding hydrogens is 500 g/mol. The number of ether oxygens (including phenoxy) is 1. The average Bonchev–Trinajstić information content (AvgIpc) is 3.07. The van der Waals surface area contributed by atoms with Crippen molar-refractivity contribution in [3.05, 3.63) is 11.1 Å². The van der Waals surface area contributed by atoms with E-state index >= 15 is 0 Å². The molecule has 2 saturated carbocycles. The van der Waals surface area contributed by atoms with Crippen molar-refractivity contribution in [2.45, 2.75) is 99.2 Å². The first-order valence-corrected chi connectivity index (χ1v) is 14.2. The second kappa shape index (κ2) is 9.44. The zero-order chi connectivity index (χ0) is 29.5. The van der Waals surface area contributed by atoms with Crippen molar-refractivity contribution in [3.8, 4) is 0 Å². The lowest BCUT2D eigenvalue weighted by atomic mass is 9.42. The molecule has 39 heavy (non-hydrogen) atoms. The molecule has 2 N–H and O–H groups in total. The van der Waals surface area contributed by atoms with E-state index in [2.05, 4.69) is 0 Å². The van der Waals surface area contributed by atoms with Gasteiger partial charge in [-0.15, -0.1) is 0 Å². The summed E-state index contributed by atoms with van der Waals surface area (Å²) in [6.45, 7) is 12.7. The lowest BCUT2D eigenvalue weighted by Gasteiger charge is -2.60. The molecule has 0 aromatic rings. The number of hydrogen-bond donors (Lipinski definition) is 2. The molecule has 0 amide bonds. The number of hydrogen-bond acceptors (Lipinski definition) is 8. The minimum absolute atomic E-state index is 0.00229. The minimum atomic E-state index is -1.51. The van der Waals surface area contributed by atoms with Crippen LogP contribution in [0.25, 0.3) is 0 Å². The monoisotopic (exact) mass is 544 g/mol. The molecule has 4 aliphatic carbocycles. The molecule has 4 aliphatic rings. The van der Waals surface area contributed by atoms with E-state index in [1.165, 1.54) is 7.11 Å². The van der Waals surface area contributed by atoms with Crippen molar-refractivity contribution < 1.29 is 38.9 Å². The molecule has 0 heterocycles. The molecule has 8 nitrogen and oxygen atoms in total. The number of carbonyl (C=O) groups excluding carboxylic acids is 5. The maximum absolute atomic E-state index is 14.1. The van der Waals surface area contributed by atoms with Crippen molar-refractivity contribution in [1.29, 1.82) is 0 Å². The molecule has 0 spiro atoms. The van der Waals surface area contributed by atoms with Crippen LogP contribution in [0.2, 0.25) is 0 Å². The van der Waals surface area contributed by atoms with Crippen molar-refractivity contribution >= 4 is 29.1 Å². The summed E-state index contributed by atoms with van der Waals surface area (Å²) in [4.78, 5) is 66.7. The fourth-order valence-electron chi connectivity index (χ4n) is 9.05. The Kier molecular flexibility index (Phi) is 7.21. The molecule has 2 fully saturated rings. The van der Waals surface area contributed by atoms with Crippen LogP contribution < -0.4 is 0 Å². The standard InChI is InChI=1S/C31H44O8/c1-15(11-17(32)12-16(2)27(38)39-8)18-13-22(35)31(7)23-19(33)14-20-28(3,4)21(34)9-10-29(20,5)24(23)25(36)26(37)30(18,31)6/h15-16,18,20-21,26,34,37H,9-14H2,1-8H3/t15-,16?,18?,20+,21+,26-,29+,30+,31+/m1/s1. The molecule has 8 heteroatoms. The molecule has 0 bridgehead atoms. The Balaban J connectivity index is 1.77. The summed E-state index contributed by atoms with van der Waals surface area (Å²) in [5.74, 6) is -3.36. The Bertz CT molecular complexity index is 1170. The van der Waals surface area contributed by atoms with Gasteiger partial charge in [0, 0.05) is 47.7 Å². The number of Topliss-reactive ketones (excluding diaryl/α,β-unsaturated/α-hetero) is 4. The Morgan fingerprint density at radius 2 is 1.59 bits per heavy atom. The molecule has 0 aromatic heterocycles. The second-order valence-corrected chi connectivity index (χ2v) is 14.0. The van der Waals surface area contributed by atoms with Crippen LogP contribution in [0.5, 0.6) is 0 Å². The van der Waals surface area contributed by atoms with Crippen molar-refractivity contribution in [3.63, 3.8) is 0 Å². The summed E-state index contributed by atoms with van der Waals surface area (Å²) in [7, 11) is 1.27. The minimum Gasteiger partial charge on any atom is -0.469 e. The predicted molar refractivity (Wildman–Crippen MR) is 142 cm³/mol. The Morgan fingerprint density at radius 3 is 2.18 bits per heavy atom. The number of allylic oxidation sites excluding steroid dienone is 1. The number of ketones is 4. The Morgan fingerprint density at radius 1 is 0.974 bits per heavy atom. The highest BCUT2D eigenvalue weighted by molar-refractivity contribution is 6.17.